The molecular formula is C15H21N3O3. The molecule has 2 N–H and O–H groups in total. The molecule has 0 spiro atoms. The normalized spacial score (nSPS) is 17.3. The van der Waals surface area contributed by atoms with Gasteiger partial charge in [-0.15, -0.1) is 0 Å². The summed E-state index contributed by atoms with van der Waals surface area (Å²) in [5, 5.41) is 12.2. The Kier molecular flexibility index (Phi) is 4.45. The molecule has 0 radical (unpaired) electrons. The van der Waals surface area contributed by atoms with Crippen LogP contribution < -0.4 is 5.32 Å². The van der Waals surface area contributed by atoms with Gasteiger partial charge in [-0.25, -0.2) is 4.79 Å². The molecular weight excluding hydrogens is 270 g/mol. The highest BCUT2D eigenvalue weighted by Gasteiger charge is 2.40. The summed E-state index contributed by atoms with van der Waals surface area (Å²) >= 11 is 0. The number of carboxylic acids is 1. The maximum atomic E-state index is 12.2. The van der Waals surface area contributed by atoms with Crippen LogP contribution in [0.15, 0.2) is 18.5 Å². The number of piperidine rings is 1. The molecule has 1 aliphatic rings. The lowest BCUT2D eigenvalue weighted by atomic mass is 9.76. The summed E-state index contributed by atoms with van der Waals surface area (Å²) in [5.41, 5.74) is 0.956. The number of hydrogen-bond acceptors (Lipinski definition) is 3. The smallest absolute Gasteiger partial charge is 0.321 e. The lowest BCUT2D eigenvalue weighted by molar-refractivity contribution is -0.151. The average molecular weight is 291 g/mol. The fourth-order valence-corrected chi connectivity index (χ4v) is 2.65. The standard InChI is InChI=1S/C15H21N3O3/c1-3-15(13(19)20)5-8-18(9-6-15)14(21)17-12-10-16-7-4-11(12)2/h4,7,10H,3,5-6,8-9H2,1-2H3,(H,17,21)(H,19,20). The Balaban J connectivity index is 1.98. The maximum absolute atomic E-state index is 12.2. The molecule has 2 rings (SSSR count). The number of hydrogen-bond donors (Lipinski definition) is 2. The zero-order chi connectivity index (χ0) is 15.5. The van der Waals surface area contributed by atoms with Crippen LogP contribution in [-0.4, -0.2) is 40.1 Å². The van der Waals surface area contributed by atoms with E-state index in [0.29, 0.717) is 38.0 Å². The van der Waals surface area contributed by atoms with Crippen LogP contribution in [0.2, 0.25) is 0 Å². The van der Waals surface area contributed by atoms with Crippen molar-refractivity contribution < 1.29 is 14.7 Å². The quantitative estimate of drug-likeness (QED) is 0.896. The second kappa shape index (κ2) is 6.11. The number of rotatable bonds is 3. The summed E-state index contributed by atoms with van der Waals surface area (Å²) < 4.78 is 0. The first-order chi connectivity index (χ1) is 9.98. The van der Waals surface area contributed by atoms with Gasteiger partial charge in [-0.05, 0) is 37.8 Å². The predicted molar refractivity (Wildman–Crippen MR) is 79.2 cm³/mol. The van der Waals surface area contributed by atoms with E-state index in [2.05, 4.69) is 10.3 Å². The van der Waals surface area contributed by atoms with Crippen LogP contribution in [-0.2, 0) is 4.79 Å². The van der Waals surface area contributed by atoms with Gasteiger partial charge in [0.15, 0.2) is 0 Å². The third-order valence-electron chi connectivity index (χ3n) is 4.42. The largest absolute Gasteiger partial charge is 0.481 e. The second-order valence-corrected chi connectivity index (χ2v) is 5.55. The Hall–Kier alpha value is -2.11. The number of carboxylic acid groups (broad SMARTS) is 1. The molecule has 1 aliphatic heterocycles. The van der Waals surface area contributed by atoms with E-state index < -0.39 is 11.4 Å². The van der Waals surface area contributed by atoms with Crippen molar-refractivity contribution in [3.8, 4) is 0 Å². The highest BCUT2D eigenvalue weighted by Crippen LogP contribution is 2.35. The fourth-order valence-electron chi connectivity index (χ4n) is 2.65. The van der Waals surface area contributed by atoms with Gasteiger partial charge in [-0.1, -0.05) is 6.92 Å². The molecule has 21 heavy (non-hydrogen) atoms. The third kappa shape index (κ3) is 3.15. The molecule has 0 aliphatic carbocycles. The van der Waals surface area contributed by atoms with Gasteiger partial charge in [-0.2, -0.15) is 0 Å². The number of urea groups is 1. The van der Waals surface area contributed by atoms with E-state index >= 15 is 0 Å². The molecule has 0 unspecified atom stereocenters. The van der Waals surface area contributed by atoms with Crippen LogP contribution >= 0.6 is 0 Å². The van der Waals surface area contributed by atoms with Gasteiger partial charge in [-0.3, -0.25) is 9.78 Å². The number of pyridine rings is 1. The van der Waals surface area contributed by atoms with Gasteiger partial charge in [0.2, 0.25) is 0 Å². The summed E-state index contributed by atoms with van der Waals surface area (Å²) in [5.74, 6) is -0.756. The van der Waals surface area contributed by atoms with E-state index in [-0.39, 0.29) is 6.03 Å². The van der Waals surface area contributed by atoms with E-state index in [1.165, 1.54) is 0 Å². The Morgan fingerprint density at radius 2 is 2.10 bits per heavy atom. The zero-order valence-corrected chi connectivity index (χ0v) is 12.4. The molecule has 1 fully saturated rings. The molecule has 0 aromatic carbocycles. The van der Waals surface area contributed by atoms with Crippen LogP contribution in [0.1, 0.15) is 31.7 Å². The minimum Gasteiger partial charge on any atom is -0.481 e. The van der Waals surface area contributed by atoms with Crippen molar-refractivity contribution in [1.29, 1.82) is 0 Å². The van der Waals surface area contributed by atoms with Crippen molar-refractivity contribution in [3.05, 3.63) is 24.0 Å². The summed E-state index contributed by atoms with van der Waals surface area (Å²) in [6, 6.07) is 1.64. The number of aromatic nitrogens is 1. The predicted octanol–water partition coefficient (Wildman–Crippen LogP) is 2.50. The Labute approximate surface area is 124 Å². The monoisotopic (exact) mass is 291 g/mol. The fraction of sp³-hybridized carbons (Fsp3) is 0.533. The number of anilines is 1. The highest BCUT2D eigenvalue weighted by molar-refractivity contribution is 5.90. The zero-order valence-electron chi connectivity index (χ0n) is 12.4. The van der Waals surface area contributed by atoms with Crippen molar-refractivity contribution in [2.45, 2.75) is 33.1 Å². The summed E-state index contributed by atoms with van der Waals surface area (Å²) in [6.45, 7) is 4.72. The first kappa shape index (κ1) is 15.3. The molecule has 1 saturated heterocycles. The van der Waals surface area contributed by atoms with Crippen LogP contribution in [0.25, 0.3) is 0 Å². The summed E-state index contributed by atoms with van der Waals surface area (Å²) in [4.78, 5) is 29.3. The number of aryl methyl sites for hydroxylation is 1. The number of carbonyl (C=O) groups excluding carboxylic acids is 1. The molecule has 0 atom stereocenters. The number of likely N-dealkylation sites (tertiary alicyclic amines) is 1. The SMILES string of the molecule is CCC1(C(=O)O)CCN(C(=O)Nc2cnccc2C)CC1. The van der Waals surface area contributed by atoms with E-state index in [4.69, 9.17) is 0 Å². The van der Waals surface area contributed by atoms with Crippen molar-refractivity contribution in [3.63, 3.8) is 0 Å². The van der Waals surface area contributed by atoms with E-state index in [1.807, 2.05) is 19.9 Å². The molecule has 0 saturated carbocycles. The third-order valence-corrected chi connectivity index (χ3v) is 4.42. The average Bonchev–Trinajstić information content (AvgIpc) is 2.49. The molecule has 2 amide bonds. The second-order valence-electron chi connectivity index (χ2n) is 5.55. The van der Waals surface area contributed by atoms with Crippen LogP contribution in [0.5, 0.6) is 0 Å². The van der Waals surface area contributed by atoms with E-state index in [1.54, 1.807) is 17.3 Å². The molecule has 2 heterocycles. The minimum absolute atomic E-state index is 0.193. The van der Waals surface area contributed by atoms with Gasteiger partial charge in [0.05, 0.1) is 17.3 Å². The molecule has 0 bridgehead atoms. The van der Waals surface area contributed by atoms with Crippen molar-refractivity contribution in [2.75, 3.05) is 18.4 Å². The summed E-state index contributed by atoms with van der Waals surface area (Å²) in [6.07, 6.45) is 4.88. The number of nitrogens with zero attached hydrogens (tertiary/aromatic N) is 2. The first-order valence-electron chi connectivity index (χ1n) is 7.18. The molecule has 6 nitrogen and oxygen atoms in total. The van der Waals surface area contributed by atoms with E-state index in [9.17, 15) is 14.7 Å². The number of aliphatic carboxylic acids is 1. The Bertz CT molecular complexity index is 537. The van der Waals surface area contributed by atoms with Crippen molar-refractivity contribution >= 4 is 17.7 Å². The topological polar surface area (TPSA) is 82.5 Å². The van der Waals surface area contributed by atoms with Gasteiger partial charge < -0.3 is 15.3 Å². The Morgan fingerprint density at radius 1 is 1.43 bits per heavy atom. The molecule has 6 heteroatoms. The van der Waals surface area contributed by atoms with Gasteiger partial charge in [0.25, 0.3) is 0 Å². The van der Waals surface area contributed by atoms with Crippen LogP contribution in [0.4, 0.5) is 10.5 Å². The number of nitrogens with one attached hydrogen (secondary N) is 1. The van der Waals surface area contributed by atoms with Crippen molar-refractivity contribution in [2.24, 2.45) is 5.41 Å². The van der Waals surface area contributed by atoms with Gasteiger partial charge in [0.1, 0.15) is 0 Å². The highest BCUT2D eigenvalue weighted by atomic mass is 16.4. The van der Waals surface area contributed by atoms with Crippen LogP contribution in [0.3, 0.4) is 0 Å². The summed E-state index contributed by atoms with van der Waals surface area (Å²) in [7, 11) is 0. The molecule has 114 valence electrons. The lowest BCUT2D eigenvalue weighted by Crippen LogP contribution is -2.47. The Morgan fingerprint density at radius 3 is 2.62 bits per heavy atom. The maximum Gasteiger partial charge on any atom is 0.321 e. The van der Waals surface area contributed by atoms with Gasteiger partial charge in [0, 0.05) is 19.3 Å². The van der Waals surface area contributed by atoms with Gasteiger partial charge >= 0.3 is 12.0 Å². The minimum atomic E-state index is -0.756. The van der Waals surface area contributed by atoms with Crippen LogP contribution in [0, 0.1) is 12.3 Å². The number of carbonyl (C=O) groups is 2. The number of amides is 2. The molecule has 1 aromatic rings. The van der Waals surface area contributed by atoms with Crippen molar-refractivity contribution in [1.82, 2.24) is 9.88 Å². The van der Waals surface area contributed by atoms with E-state index in [0.717, 1.165) is 5.56 Å². The molecule has 1 aromatic heterocycles. The first-order valence-corrected chi connectivity index (χ1v) is 7.18. The lowest BCUT2D eigenvalue weighted by Gasteiger charge is -2.38.